The van der Waals surface area contributed by atoms with Gasteiger partial charge in [-0.3, -0.25) is 0 Å². The number of hydrogen-bond donors (Lipinski definition) is 3. The van der Waals surface area contributed by atoms with Crippen LogP contribution in [0.15, 0.2) is 48.5 Å². The van der Waals surface area contributed by atoms with Crippen LogP contribution in [-0.2, 0) is 6.18 Å². The van der Waals surface area contributed by atoms with Crippen molar-refractivity contribution in [3.63, 3.8) is 0 Å². The number of benzene rings is 2. The zero-order valence-corrected chi connectivity index (χ0v) is 11.1. The summed E-state index contributed by atoms with van der Waals surface area (Å²) < 4.78 is 37.3. The molecule has 0 saturated heterocycles. The highest BCUT2D eigenvalue weighted by Crippen LogP contribution is 2.30. The van der Waals surface area contributed by atoms with E-state index in [-0.39, 0.29) is 5.19 Å². The smallest absolute Gasteiger partial charge is 0.386 e. The minimum absolute atomic E-state index is 0.00756. The zero-order valence-electron chi connectivity index (χ0n) is 10.1. The van der Waals surface area contributed by atoms with Crippen molar-refractivity contribution in [3.05, 3.63) is 54.1 Å². The molecule has 0 aliphatic carbocycles. The Balaban J connectivity index is 2.29. The highest BCUT2D eigenvalue weighted by Gasteiger charge is 2.31. The van der Waals surface area contributed by atoms with Crippen LogP contribution in [-0.4, -0.2) is 23.2 Å². The van der Waals surface area contributed by atoms with Crippen molar-refractivity contribution in [1.82, 2.24) is 0 Å². The molecule has 0 saturated carbocycles. The predicted octanol–water partition coefficient (Wildman–Crippen LogP) is 1.50. The average Bonchev–Trinajstić information content (AvgIpc) is 2.37. The van der Waals surface area contributed by atoms with Gasteiger partial charge < -0.3 is 14.4 Å². The lowest BCUT2D eigenvalue weighted by Gasteiger charge is -2.11. The number of rotatable bonds is 2. The molecule has 20 heavy (non-hydrogen) atoms. The normalized spacial score (nSPS) is 12.5. The van der Waals surface area contributed by atoms with Gasteiger partial charge in [0.2, 0.25) is 0 Å². The highest BCUT2D eigenvalue weighted by molar-refractivity contribution is 6.71. The van der Waals surface area contributed by atoms with E-state index in [1.165, 1.54) is 36.4 Å². The van der Waals surface area contributed by atoms with Gasteiger partial charge in [0, 0.05) is 5.19 Å². The van der Waals surface area contributed by atoms with Crippen molar-refractivity contribution in [3.8, 4) is 11.1 Å². The van der Waals surface area contributed by atoms with Crippen LogP contribution in [0.25, 0.3) is 11.1 Å². The van der Waals surface area contributed by atoms with E-state index in [0.717, 1.165) is 12.1 Å². The second kappa shape index (κ2) is 5.02. The van der Waals surface area contributed by atoms with Crippen LogP contribution in [0.2, 0.25) is 0 Å². The topological polar surface area (TPSA) is 60.7 Å². The van der Waals surface area contributed by atoms with E-state index < -0.39 is 20.5 Å². The van der Waals surface area contributed by atoms with Gasteiger partial charge >= 0.3 is 15.0 Å². The van der Waals surface area contributed by atoms with E-state index in [4.69, 9.17) is 14.4 Å². The molecule has 0 spiro atoms. The van der Waals surface area contributed by atoms with Crippen LogP contribution in [0.1, 0.15) is 5.56 Å². The predicted molar refractivity (Wildman–Crippen MR) is 68.9 cm³/mol. The van der Waals surface area contributed by atoms with Gasteiger partial charge in [-0.25, -0.2) is 0 Å². The zero-order chi connectivity index (χ0) is 15.0. The van der Waals surface area contributed by atoms with E-state index in [1.807, 2.05) is 0 Å². The second-order valence-electron chi connectivity index (χ2n) is 4.29. The third-order valence-electron chi connectivity index (χ3n) is 2.82. The summed E-state index contributed by atoms with van der Waals surface area (Å²) in [7, 11) is -4.34. The maximum absolute atomic E-state index is 12.4. The molecule has 0 unspecified atom stereocenters. The Kier molecular flexibility index (Phi) is 3.70. The van der Waals surface area contributed by atoms with Crippen molar-refractivity contribution >= 4 is 14.0 Å². The molecule has 106 valence electrons. The molecule has 0 aliphatic rings. The molecule has 0 radical (unpaired) electrons. The molecule has 3 nitrogen and oxygen atoms in total. The fourth-order valence-corrected chi connectivity index (χ4v) is 2.35. The molecule has 2 aromatic carbocycles. The quantitative estimate of drug-likeness (QED) is 0.737. The van der Waals surface area contributed by atoms with Crippen LogP contribution in [0.4, 0.5) is 13.2 Å². The lowest BCUT2D eigenvalue weighted by molar-refractivity contribution is -0.137. The van der Waals surface area contributed by atoms with Gasteiger partial charge in [-0.2, -0.15) is 13.2 Å². The van der Waals surface area contributed by atoms with Crippen LogP contribution in [0.5, 0.6) is 0 Å². The van der Waals surface area contributed by atoms with Gasteiger partial charge in [-0.05, 0) is 23.3 Å². The first kappa shape index (κ1) is 14.7. The minimum atomic E-state index is -4.38. The fourth-order valence-electron chi connectivity index (χ4n) is 1.74. The Morgan fingerprint density at radius 2 is 1.10 bits per heavy atom. The highest BCUT2D eigenvalue weighted by atomic mass is 28.4. The van der Waals surface area contributed by atoms with Crippen molar-refractivity contribution in [2.75, 3.05) is 0 Å². The summed E-state index contributed by atoms with van der Waals surface area (Å²) in [6, 6.07) is 10.3. The lowest BCUT2D eigenvalue weighted by atomic mass is 10.0. The molecular weight excluding hydrogens is 289 g/mol. The minimum Gasteiger partial charge on any atom is -0.386 e. The first-order valence-electron chi connectivity index (χ1n) is 5.63. The molecule has 0 atom stereocenters. The molecule has 0 bridgehead atoms. The summed E-state index contributed by atoms with van der Waals surface area (Å²) in [6.45, 7) is 0. The molecule has 2 rings (SSSR count). The monoisotopic (exact) mass is 300 g/mol. The number of hydrogen-bond acceptors (Lipinski definition) is 3. The third-order valence-corrected chi connectivity index (χ3v) is 3.93. The maximum Gasteiger partial charge on any atom is 0.528 e. The van der Waals surface area contributed by atoms with E-state index in [1.54, 1.807) is 0 Å². The molecule has 0 aromatic heterocycles. The molecule has 0 heterocycles. The second-order valence-corrected chi connectivity index (χ2v) is 6.14. The first-order chi connectivity index (χ1) is 9.18. The largest absolute Gasteiger partial charge is 0.528 e. The SMILES string of the molecule is O[Si](O)(O)c1ccc(-c2ccc(C(F)(F)F)cc2)cc1. The molecule has 3 N–H and O–H groups in total. The Morgan fingerprint density at radius 3 is 1.45 bits per heavy atom. The maximum atomic E-state index is 12.4. The summed E-state index contributed by atoms with van der Waals surface area (Å²) in [4.78, 5) is 27.3. The molecule has 0 fully saturated rings. The summed E-state index contributed by atoms with van der Waals surface area (Å²) in [5.41, 5.74) is 0.441. The first-order valence-corrected chi connectivity index (χ1v) is 7.47. The van der Waals surface area contributed by atoms with E-state index in [9.17, 15) is 13.2 Å². The standard InChI is InChI=1S/C13H11F3O3Si/c14-13(15,16)11-5-1-9(2-6-11)10-3-7-12(8-4-10)20(17,18)19/h1-8,17-19H. The van der Waals surface area contributed by atoms with Gasteiger partial charge in [0.1, 0.15) is 0 Å². The number of alkyl halides is 3. The van der Waals surface area contributed by atoms with E-state index >= 15 is 0 Å². The van der Waals surface area contributed by atoms with Gasteiger partial charge in [0.15, 0.2) is 0 Å². The van der Waals surface area contributed by atoms with E-state index in [2.05, 4.69) is 0 Å². The molecule has 2 aromatic rings. The Bertz CT molecular complexity index is 531. The Hall–Kier alpha value is -1.67. The molecule has 7 heteroatoms. The summed E-state index contributed by atoms with van der Waals surface area (Å²) in [5.74, 6) is 0. The Labute approximate surface area is 113 Å². The Morgan fingerprint density at radius 1 is 0.700 bits per heavy atom. The molecule has 0 amide bonds. The molecular formula is C13H11F3O3Si. The van der Waals surface area contributed by atoms with Gasteiger partial charge in [0.05, 0.1) is 5.56 Å². The van der Waals surface area contributed by atoms with Gasteiger partial charge in [0.25, 0.3) is 0 Å². The van der Waals surface area contributed by atoms with Crippen LogP contribution >= 0.6 is 0 Å². The number of halogens is 3. The summed E-state index contributed by atoms with van der Waals surface area (Å²) >= 11 is 0. The van der Waals surface area contributed by atoms with Crippen molar-refractivity contribution in [2.45, 2.75) is 6.18 Å². The van der Waals surface area contributed by atoms with Crippen LogP contribution < -0.4 is 5.19 Å². The van der Waals surface area contributed by atoms with Crippen LogP contribution in [0.3, 0.4) is 0 Å². The van der Waals surface area contributed by atoms with Crippen molar-refractivity contribution in [2.24, 2.45) is 0 Å². The van der Waals surface area contributed by atoms with E-state index in [0.29, 0.717) is 11.1 Å². The fraction of sp³-hybridized carbons (Fsp3) is 0.0769. The van der Waals surface area contributed by atoms with Gasteiger partial charge in [-0.15, -0.1) is 0 Å². The van der Waals surface area contributed by atoms with Crippen LogP contribution in [0, 0.1) is 0 Å². The molecule has 0 aliphatic heterocycles. The lowest BCUT2D eigenvalue weighted by Crippen LogP contribution is -2.48. The summed E-state index contributed by atoms with van der Waals surface area (Å²) in [5, 5.41) is 0.00756. The third kappa shape index (κ3) is 3.25. The average molecular weight is 300 g/mol. The van der Waals surface area contributed by atoms with Crippen molar-refractivity contribution in [1.29, 1.82) is 0 Å². The summed E-state index contributed by atoms with van der Waals surface area (Å²) in [6.07, 6.45) is -4.38. The van der Waals surface area contributed by atoms with Crippen molar-refractivity contribution < 1.29 is 27.6 Å². The van der Waals surface area contributed by atoms with Gasteiger partial charge in [-0.1, -0.05) is 36.4 Å².